The molecule has 0 aromatic carbocycles. The Bertz CT molecular complexity index is 391. The molecule has 0 bridgehead atoms. The zero-order chi connectivity index (χ0) is 19.6. The summed E-state index contributed by atoms with van der Waals surface area (Å²) < 4.78 is 4.17. The normalized spacial score (nSPS) is 9.88. The fraction of sp³-hybridized carbons (Fsp3) is 0.611. The molecule has 0 aliphatic rings. The summed E-state index contributed by atoms with van der Waals surface area (Å²) in [5, 5.41) is 16.2. The molecular formula is C18H32O6. The maximum Gasteiger partial charge on any atom is 0.327 e. The first-order chi connectivity index (χ1) is 11.0. The molecule has 0 aliphatic carbocycles. The van der Waals surface area contributed by atoms with Crippen LogP contribution in [-0.4, -0.2) is 28.1 Å². The third kappa shape index (κ3) is 42.7. The molecule has 0 radical (unpaired) electrons. The first kappa shape index (κ1) is 26.8. The molecule has 6 heteroatoms. The Labute approximate surface area is 145 Å². The van der Waals surface area contributed by atoms with Gasteiger partial charge in [-0.1, -0.05) is 46.3 Å². The maximum absolute atomic E-state index is 10.2. The molecule has 0 saturated heterocycles. The van der Waals surface area contributed by atoms with E-state index in [1.54, 1.807) is 6.92 Å². The molecule has 0 fully saturated rings. The van der Waals surface area contributed by atoms with Crippen molar-refractivity contribution in [2.24, 2.45) is 5.41 Å². The lowest BCUT2D eigenvalue weighted by Gasteiger charge is -2.17. The predicted octanol–water partition coefficient (Wildman–Crippen LogP) is 4.41. The second-order valence-electron chi connectivity index (χ2n) is 6.13. The van der Waals surface area contributed by atoms with Crippen LogP contribution in [0.2, 0.25) is 0 Å². The van der Waals surface area contributed by atoms with E-state index in [1.807, 2.05) is 0 Å². The van der Waals surface area contributed by atoms with Crippen molar-refractivity contribution >= 4 is 17.9 Å². The molecule has 2 N–H and O–H groups in total. The van der Waals surface area contributed by atoms with Gasteiger partial charge in [0.2, 0.25) is 0 Å². The second kappa shape index (κ2) is 17.2. The van der Waals surface area contributed by atoms with Gasteiger partial charge in [0.05, 0.1) is 6.26 Å². The van der Waals surface area contributed by atoms with Crippen LogP contribution < -0.4 is 0 Å². The van der Waals surface area contributed by atoms with Gasteiger partial charge in [0.25, 0.3) is 0 Å². The molecule has 0 aromatic heterocycles. The smallest absolute Gasteiger partial charge is 0.327 e. The summed E-state index contributed by atoms with van der Waals surface area (Å²) >= 11 is 0. The van der Waals surface area contributed by atoms with E-state index in [4.69, 9.17) is 10.2 Å². The number of carbonyl (C=O) groups excluding carboxylic acids is 1. The number of carboxylic acids is 2. The van der Waals surface area contributed by atoms with E-state index in [-0.39, 0.29) is 5.97 Å². The van der Waals surface area contributed by atoms with Gasteiger partial charge in [0, 0.05) is 19.4 Å². The first-order valence-corrected chi connectivity index (χ1v) is 7.81. The van der Waals surface area contributed by atoms with Gasteiger partial charge in [0.15, 0.2) is 0 Å². The molecule has 0 heterocycles. The van der Waals surface area contributed by atoms with Gasteiger partial charge in [-0.15, -0.1) is 0 Å². The predicted molar refractivity (Wildman–Crippen MR) is 94.6 cm³/mol. The van der Waals surface area contributed by atoms with Crippen LogP contribution in [0.15, 0.2) is 25.0 Å². The quantitative estimate of drug-likeness (QED) is 0.307. The summed E-state index contributed by atoms with van der Waals surface area (Å²) in [6, 6.07) is 0. The van der Waals surface area contributed by atoms with Crippen LogP contribution >= 0.6 is 0 Å². The zero-order valence-electron chi connectivity index (χ0n) is 15.5. The fourth-order valence-corrected chi connectivity index (χ4v) is 1.37. The molecule has 0 atom stereocenters. The van der Waals surface area contributed by atoms with E-state index in [9.17, 15) is 14.4 Å². The maximum atomic E-state index is 10.2. The lowest BCUT2D eigenvalue weighted by Crippen LogP contribution is -2.04. The number of carboxylic acid groups (broad SMARTS) is 2. The molecule has 0 rings (SSSR count). The highest BCUT2D eigenvalue weighted by Crippen LogP contribution is 2.22. The van der Waals surface area contributed by atoms with Crippen molar-refractivity contribution in [2.75, 3.05) is 0 Å². The van der Waals surface area contributed by atoms with Crippen molar-refractivity contribution in [1.29, 1.82) is 0 Å². The Morgan fingerprint density at radius 1 is 1.08 bits per heavy atom. The van der Waals surface area contributed by atoms with Crippen molar-refractivity contribution in [3.8, 4) is 0 Å². The van der Waals surface area contributed by atoms with E-state index >= 15 is 0 Å². The summed E-state index contributed by atoms with van der Waals surface area (Å²) in [5.74, 6) is -1.90. The number of hydrogen-bond acceptors (Lipinski definition) is 4. The van der Waals surface area contributed by atoms with Crippen LogP contribution in [0.3, 0.4) is 0 Å². The average Bonchev–Trinajstić information content (AvgIpc) is 2.37. The Morgan fingerprint density at radius 2 is 1.62 bits per heavy atom. The minimum atomic E-state index is -0.891. The van der Waals surface area contributed by atoms with Gasteiger partial charge < -0.3 is 14.9 Å². The van der Waals surface area contributed by atoms with E-state index in [0.29, 0.717) is 11.8 Å². The number of aliphatic carboxylic acids is 2. The monoisotopic (exact) mass is 344 g/mol. The number of allylic oxidation sites excluding steroid dienone is 1. The summed E-state index contributed by atoms with van der Waals surface area (Å²) in [5.41, 5.74) is 0.392. The van der Waals surface area contributed by atoms with Crippen LogP contribution in [-0.2, 0) is 19.1 Å². The largest absolute Gasteiger partial charge is 0.481 e. The van der Waals surface area contributed by atoms with Crippen molar-refractivity contribution in [3.05, 3.63) is 25.0 Å². The lowest BCUT2D eigenvalue weighted by molar-refractivity contribution is -0.137. The molecule has 6 nitrogen and oxygen atoms in total. The number of esters is 1. The van der Waals surface area contributed by atoms with Crippen molar-refractivity contribution in [1.82, 2.24) is 0 Å². The molecule has 0 unspecified atom stereocenters. The van der Waals surface area contributed by atoms with Crippen LogP contribution in [0.5, 0.6) is 0 Å². The minimum Gasteiger partial charge on any atom is -0.481 e. The molecule has 0 aliphatic heterocycles. The number of rotatable bonds is 7. The summed E-state index contributed by atoms with van der Waals surface area (Å²) in [6.45, 7) is 12.8. The van der Waals surface area contributed by atoms with Gasteiger partial charge in [-0.3, -0.25) is 9.59 Å². The average molecular weight is 344 g/mol. The molecular weight excluding hydrogens is 312 g/mol. The number of unbranched alkanes of at least 4 members (excludes halogenated alkanes) is 2. The van der Waals surface area contributed by atoms with Gasteiger partial charge in [-0.05, 0) is 25.2 Å². The Kier molecular flexibility index (Phi) is 19.2. The van der Waals surface area contributed by atoms with Crippen molar-refractivity contribution < 1.29 is 29.3 Å². The van der Waals surface area contributed by atoms with Crippen molar-refractivity contribution in [3.63, 3.8) is 0 Å². The first-order valence-electron chi connectivity index (χ1n) is 7.81. The van der Waals surface area contributed by atoms with Crippen LogP contribution in [0.4, 0.5) is 0 Å². The summed E-state index contributed by atoms with van der Waals surface area (Å²) in [7, 11) is 0. The second-order valence-corrected chi connectivity index (χ2v) is 6.13. The van der Waals surface area contributed by atoms with Gasteiger partial charge >= 0.3 is 17.9 Å². The van der Waals surface area contributed by atoms with E-state index in [0.717, 1.165) is 31.6 Å². The minimum absolute atomic E-state index is 0.324. The third-order valence-corrected chi connectivity index (χ3v) is 2.38. The van der Waals surface area contributed by atoms with Gasteiger partial charge in [-0.25, -0.2) is 4.79 Å². The van der Waals surface area contributed by atoms with Crippen LogP contribution in [0.1, 0.15) is 66.7 Å². The molecule has 0 saturated carbocycles. The topological polar surface area (TPSA) is 101 Å². The number of ether oxygens (including phenoxy) is 1. The fourth-order valence-electron chi connectivity index (χ4n) is 1.37. The molecule has 24 heavy (non-hydrogen) atoms. The molecule has 0 amide bonds. The third-order valence-electron chi connectivity index (χ3n) is 2.38. The zero-order valence-corrected chi connectivity index (χ0v) is 15.5. The Morgan fingerprint density at radius 3 is 1.83 bits per heavy atom. The molecule has 0 aromatic rings. The van der Waals surface area contributed by atoms with E-state index < -0.39 is 11.9 Å². The van der Waals surface area contributed by atoms with Crippen LogP contribution in [0, 0.1) is 5.41 Å². The summed E-state index contributed by atoms with van der Waals surface area (Å²) in [4.78, 5) is 29.4. The Balaban J connectivity index is -0.000000309. The highest BCUT2D eigenvalue weighted by atomic mass is 16.5. The van der Waals surface area contributed by atoms with E-state index in [1.165, 1.54) is 19.4 Å². The molecule has 0 spiro atoms. The van der Waals surface area contributed by atoms with Gasteiger partial charge in [0.1, 0.15) is 0 Å². The lowest BCUT2D eigenvalue weighted by atomic mass is 9.89. The van der Waals surface area contributed by atoms with Gasteiger partial charge in [-0.2, -0.15) is 0 Å². The van der Waals surface area contributed by atoms with E-state index in [2.05, 4.69) is 32.1 Å². The number of carbonyl (C=O) groups is 3. The summed E-state index contributed by atoms with van der Waals surface area (Å²) in [6.07, 6.45) is 8.19. The Hall–Kier alpha value is -2.11. The SMILES string of the molecule is C/C=C/C(=O)O.C=COC(C)=O.CC(C)(C)CCCCCC(=O)O. The van der Waals surface area contributed by atoms with Crippen LogP contribution in [0.25, 0.3) is 0 Å². The highest BCUT2D eigenvalue weighted by Gasteiger charge is 2.08. The number of hydrogen-bond donors (Lipinski definition) is 2. The van der Waals surface area contributed by atoms with Crippen molar-refractivity contribution in [2.45, 2.75) is 66.7 Å². The standard InChI is InChI=1S/C10H20O2.2C4H6O2/c1-10(2,3)8-6-4-5-7-9(11)12;1-3-6-4(2)5;1-2-3-4(5)6/h4-8H2,1-3H3,(H,11,12);3H,1H2,2H3;2-3H,1H3,(H,5,6)/b;;3-2+. The highest BCUT2D eigenvalue weighted by molar-refractivity contribution is 5.79. The molecule has 140 valence electrons.